The van der Waals surface area contributed by atoms with Crippen molar-refractivity contribution in [1.29, 1.82) is 0 Å². The monoisotopic (exact) mass is 407 g/mol. The van der Waals surface area contributed by atoms with Crippen LogP contribution in [0.4, 0.5) is 5.69 Å². The van der Waals surface area contributed by atoms with Gasteiger partial charge in [-0.3, -0.25) is 4.79 Å². The fourth-order valence-electron chi connectivity index (χ4n) is 2.08. The molecule has 0 bridgehead atoms. The van der Waals surface area contributed by atoms with E-state index in [4.69, 9.17) is 11.6 Å². The number of amides is 1. The highest BCUT2D eigenvalue weighted by atomic mass is 79.9. The van der Waals surface area contributed by atoms with Crippen LogP contribution in [0.5, 0.6) is 0 Å². The Balaban J connectivity index is 1.98. The molecule has 4 nitrogen and oxygen atoms in total. The normalized spacial score (nSPS) is 12.6. The molecule has 2 aromatic carbocycles. The summed E-state index contributed by atoms with van der Waals surface area (Å²) in [5.74, 6) is -0.208. The van der Waals surface area contributed by atoms with Gasteiger partial charge in [-0.15, -0.1) is 0 Å². The SMILES string of the molecule is C/C(=N\NC(=O)[C@H](C)Nc1ccc(Cl)cc1C)c1ccc(Br)cc1. The lowest BCUT2D eigenvalue weighted by Crippen LogP contribution is -2.35. The maximum absolute atomic E-state index is 12.2. The summed E-state index contributed by atoms with van der Waals surface area (Å²) in [6, 6.07) is 12.8. The lowest BCUT2D eigenvalue weighted by molar-refractivity contribution is -0.121. The number of anilines is 1. The molecule has 0 fully saturated rings. The Hall–Kier alpha value is -1.85. The van der Waals surface area contributed by atoms with Gasteiger partial charge in [-0.2, -0.15) is 5.10 Å². The summed E-state index contributed by atoms with van der Waals surface area (Å²) in [5, 5.41) is 8.00. The van der Waals surface area contributed by atoms with Gasteiger partial charge in [-0.1, -0.05) is 39.7 Å². The van der Waals surface area contributed by atoms with E-state index in [-0.39, 0.29) is 5.91 Å². The second-order valence-corrected chi connectivity index (χ2v) is 6.86. The summed E-state index contributed by atoms with van der Waals surface area (Å²) in [6.07, 6.45) is 0. The van der Waals surface area contributed by atoms with Crippen molar-refractivity contribution in [2.24, 2.45) is 5.10 Å². The second-order valence-electron chi connectivity index (χ2n) is 5.51. The number of carbonyl (C=O) groups is 1. The van der Waals surface area contributed by atoms with Crippen LogP contribution < -0.4 is 10.7 Å². The Labute approximate surface area is 155 Å². The average molecular weight is 409 g/mol. The molecule has 1 amide bonds. The van der Waals surface area contributed by atoms with Gasteiger partial charge in [0.15, 0.2) is 0 Å². The van der Waals surface area contributed by atoms with Crippen LogP contribution in [-0.4, -0.2) is 17.7 Å². The minimum Gasteiger partial charge on any atom is -0.374 e. The third kappa shape index (κ3) is 5.08. The van der Waals surface area contributed by atoms with Crippen molar-refractivity contribution in [2.75, 3.05) is 5.32 Å². The minimum atomic E-state index is -0.425. The van der Waals surface area contributed by atoms with Gasteiger partial charge in [0.05, 0.1) is 5.71 Å². The zero-order chi connectivity index (χ0) is 17.7. The molecule has 0 saturated heterocycles. The topological polar surface area (TPSA) is 53.5 Å². The molecule has 0 aliphatic carbocycles. The zero-order valence-electron chi connectivity index (χ0n) is 13.7. The fourth-order valence-corrected chi connectivity index (χ4v) is 2.57. The largest absolute Gasteiger partial charge is 0.374 e. The maximum Gasteiger partial charge on any atom is 0.262 e. The smallest absolute Gasteiger partial charge is 0.262 e. The van der Waals surface area contributed by atoms with E-state index in [1.54, 1.807) is 13.0 Å². The molecule has 2 rings (SSSR count). The van der Waals surface area contributed by atoms with Crippen molar-refractivity contribution in [1.82, 2.24) is 5.43 Å². The predicted molar refractivity (Wildman–Crippen MR) is 104 cm³/mol. The molecule has 0 saturated carbocycles. The van der Waals surface area contributed by atoms with Crippen LogP contribution in [0.15, 0.2) is 52.0 Å². The number of benzene rings is 2. The summed E-state index contributed by atoms with van der Waals surface area (Å²) in [6.45, 7) is 5.58. The van der Waals surface area contributed by atoms with Gasteiger partial charge in [0.25, 0.3) is 5.91 Å². The van der Waals surface area contributed by atoms with E-state index < -0.39 is 6.04 Å². The van der Waals surface area contributed by atoms with E-state index in [1.807, 2.05) is 50.2 Å². The van der Waals surface area contributed by atoms with Crippen LogP contribution >= 0.6 is 27.5 Å². The standard InChI is InChI=1S/C18H19BrClN3O/c1-11-10-16(20)8-9-17(11)21-13(3)18(24)23-22-12(2)14-4-6-15(19)7-5-14/h4-10,13,21H,1-3H3,(H,23,24)/b22-12+/t13-/m0/s1. The Kier molecular flexibility index (Phi) is 6.40. The first-order valence-corrected chi connectivity index (χ1v) is 8.66. The van der Waals surface area contributed by atoms with E-state index in [0.717, 1.165) is 27.0 Å². The van der Waals surface area contributed by atoms with Gasteiger partial charge in [-0.05, 0) is 62.2 Å². The van der Waals surface area contributed by atoms with Crippen LogP contribution in [-0.2, 0) is 4.79 Å². The first kappa shape index (κ1) is 18.5. The molecular formula is C18H19BrClN3O. The number of nitrogens with zero attached hydrogens (tertiary/aromatic N) is 1. The van der Waals surface area contributed by atoms with Crippen LogP contribution in [0, 0.1) is 6.92 Å². The number of hydrogen-bond acceptors (Lipinski definition) is 3. The van der Waals surface area contributed by atoms with Crippen molar-refractivity contribution >= 4 is 44.8 Å². The Morgan fingerprint density at radius 2 is 1.88 bits per heavy atom. The third-order valence-corrected chi connectivity index (χ3v) is 4.31. The van der Waals surface area contributed by atoms with Crippen molar-refractivity contribution in [3.05, 3.63) is 63.1 Å². The number of hydrogen-bond donors (Lipinski definition) is 2. The van der Waals surface area contributed by atoms with Crippen molar-refractivity contribution < 1.29 is 4.79 Å². The highest BCUT2D eigenvalue weighted by Gasteiger charge is 2.13. The van der Waals surface area contributed by atoms with Gasteiger partial charge in [0.2, 0.25) is 0 Å². The van der Waals surface area contributed by atoms with Gasteiger partial charge in [-0.25, -0.2) is 5.43 Å². The van der Waals surface area contributed by atoms with E-state index in [1.165, 1.54) is 0 Å². The van der Waals surface area contributed by atoms with Crippen molar-refractivity contribution in [3.63, 3.8) is 0 Å². The minimum absolute atomic E-state index is 0.208. The van der Waals surface area contributed by atoms with E-state index in [2.05, 4.69) is 31.8 Å². The Bertz CT molecular complexity index is 759. The highest BCUT2D eigenvalue weighted by Crippen LogP contribution is 2.20. The average Bonchev–Trinajstić information content (AvgIpc) is 2.55. The van der Waals surface area contributed by atoms with E-state index >= 15 is 0 Å². The predicted octanol–water partition coefficient (Wildman–Crippen LogP) is 4.75. The number of nitrogens with one attached hydrogen (secondary N) is 2. The zero-order valence-corrected chi connectivity index (χ0v) is 16.1. The molecule has 24 heavy (non-hydrogen) atoms. The first-order valence-electron chi connectivity index (χ1n) is 7.49. The number of carbonyl (C=O) groups excluding carboxylic acids is 1. The Morgan fingerprint density at radius 3 is 2.50 bits per heavy atom. The molecule has 0 aromatic heterocycles. The lowest BCUT2D eigenvalue weighted by Gasteiger charge is -2.16. The fraction of sp³-hybridized carbons (Fsp3) is 0.222. The molecule has 126 valence electrons. The Morgan fingerprint density at radius 1 is 1.21 bits per heavy atom. The molecule has 0 aliphatic rings. The van der Waals surface area contributed by atoms with Crippen LogP contribution in [0.2, 0.25) is 5.02 Å². The van der Waals surface area contributed by atoms with Crippen LogP contribution in [0.1, 0.15) is 25.0 Å². The molecule has 1 atom stereocenters. The molecule has 2 aromatic rings. The molecule has 0 aliphatic heterocycles. The molecule has 0 heterocycles. The number of aryl methyl sites for hydroxylation is 1. The van der Waals surface area contributed by atoms with Crippen LogP contribution in [0.3, 0.4) is 0 Å². The van der Waals surface area contributed by atoms with Gasteiger partial charge in [0.1, 0.15) is 6.04 Å². The molecule has 0 unspecified atom stereocenters. The molecule has 0 spiro atoms. The molecule has 6 heteroatoms. The third-order valence-electron chi connectivity index (χ3n) is 3.55. The summed E-state index contributed by atoms with van der Waals surface area (Å²) >= 11 is 9.33. The first-order chi connectivity index (χ1) is 11.4. The van der Waals surface area contributed by atoms with Crippen molar-refractivity contribution in [3.8, 4) is 0 Å². The number of rotatable bonds is 5. The molecule has 2 N–H and O–H groups in total. The summed E-state index contributed by atoms with van der Waals surface area (Å²) in [7, 11) is 0. The molecular weight excluding hydrogens is 390 g/mol. The highest BCUT2D eigenvalue weighted by molar-refractivity contribution is 9.10. The second kappa shape index (κ2) is 8.31. The quantitative estimate of drug-likeness (QED) is 0.554. The summed E-state index contributed by atoms with van der Waals surface area (Å²) in [5.41, 5.74) is 6.14. The van der Waals surface area contributed by atoms with Gasteiger partial charge in [0, 0.05) is 15.2 Å². The number of halogens is 2. The molecule has 0 radical (unpaired) electrons. The summed E-state index contributed by atoms with van der Waals surface area (Å²) in [4.78, 5) is 12.2. The maximum atomic E-state index is 12.2. The van der Waals surface area contributed by atoms with E-state index in [0.29, 0.717) is 5.02 Å². The van der Waals surface area contributed by atoms with Crippen LogP contribution in [0.25, 0.3) is 0 Å². The van der Waals surface area contributed by atoms with Gasteiger partial charge < -0.3 is 5.32 Å². The van der Waals surface area contributed by atoms with E-state index in [9.17, 15) is 4.79 Å². The summed E-state index contributed by atoms with van der Waals surface area (Å²) < 4.78 is 0.999. The van der Waals surface area contributed by atoms with Crippen molar-refractivity contribution in [2.45, 2.75) is 26.8 Å². The van der Waals surface area contributed by atoms with Gasteiger partial charge >= 0.3 is 0 Å². The lowest BCUT2D eigenvalue weighted by atomic mass is 10.1. The number of hydrazone groups is 1.